The first kappa shape index (κ1) is 47.3. The Kier molecular flexibility index (Phi) is 31.0. The molecule has 0 fully saturated rings. The fourth-order valence-corrected chi connectivity index (χ4v) is 6.80. The molecule has 0 aliphatic rings. The highest BCUT2D eigenvalue weighted by atomic mass is 16.2. The summed E-state index contributed by atoms with van der Waals surface area (Å²) in [7, 11) is 0. The number of nitrogens with two attached hydrogens (primary N) is 1. The van der Waals surface area contributed by atoms with Crippen molar-refractivity contribution in [1.29, 1.82) is 0 Å². The van der Waals surface area contributed by atoms with Gasteiger partial charge in [0, 0.05) is 24.0 Å². The fraction of sp³-hybridized carbons (Fsp3) is 0.773. The van der Waals surface area contributed by atoms with E-state index in [0.29, 0.717) is 12.0 Å². The average molecular weight is 727 g/mol. The van der Waals surface area contributed by atoms with Crippen LogP contribution in [0.5, 0.6) is 0 Å². The van der Waals surface area contributed by atoms with Gasteiger partial charge >= 0.3 is 0 Å². The van der Waals surface area contributed by atoms with Crippen LogP contribution in [0.15, 0.2) is 24.3 Å². The number of benzene rings is 1. The van der Waals surface area contributed by atoms with Gasteiger partial charge in [-0.3, -0.25) is 30.0 Å². The molecule has 0 saturated heterocycles. The zero-order chi connectivity index (χ0) is 37.9. The Balaban J connectivity index is 2.36. The van der Waals surface area contributed by atoms with Crippen molar-refractivity contribution in [3.8, 4) is 0 Å². The SMILES string of the molecule is CCCCCCCCCCCCCCCCCC(=O)NN(C(=O)CCCCCCCCCCCCCCCCC)C(=O)c1ccc(C(=O)NN)cc1. The van der Waals surface area contributed by atoms with Crippen molar-refractivity contribution >= 4 is 23.6 Å². The van der Waals surface area contributed by atoms with Gasteiger partial charge in [0.05, 0.1) is 0 Å². The molecule has 52 heavy (non-hydrogen) atoms. The molecule has 0 aliphatic heterocycles. The van der Waals surface area contributed by atoms with Crippen LogP contribution in [0.2, 0.25) is 0 Å². The molecular weight excluding hydrogens is 649 g/mol. The second-order valence-electron chi connectivity index (χ2n) is 15.0. The first-order chi connectivity index (χ1) is 25.4. The maximum Gasteiger partial charge on any atom is 0.279 e. The van der Waals surface area contributed by atoms with Crippen molar-refractivity contribution in [2.75, 3.05) is 0 Å². The van der Waals surface area contributed by atoms with Crippen LogP contribution in [0.4, 0.5) is 0 Å². The largest absolute Gasteiger partial charge is 0.290 e. The summed E-state index contributed by atoms with van der Waals surface area (Å²) >= 11 is 0. The summed E-state index contributed by atoms with van der Waals surface area (Å²) in [5, 5.41) is 0.884. The van der Waals surface area contributed by atoms with Crippen LogP contribution in [0.25, 0.3) is 0 Å². The molecule has 8 heteroatoms. The third-order valence-corrected chi connectivity index (χ3v) is 10.2. The summed E-state index contributed by atoms with van der Waals surface area (Å²) in [5.74, 6) is 3.41. The van der Waals surface area contributed by atoms with Gasteiger partial charge in [0.1, 0.15) is 0 Å². The summed E-state index contributed by atoms with van der Waals surface area (Å²) in [5.41, 5.74) is 5.19. The van der Waals surface area contributed by atoms with Crippen LogP contribution < -0.4 is 16.7 Å². The molecule has 0 aliphatic carbocycles. The van der Waals surface area contributed by atoms with Crippen LogP contribution in [0.1, 0.15) is 240 Å². The maximum atomic E-state index is 13.4. The highest BCUT2D eigenvalue weighted by Gasteiger charge is 2.25. The standard InChI is InChI=1S/C44H78N4O4/c1-3-5-7-9-11-13-15-17-19-21-23-25-27-29-31-33-41(49)47-48(44(52)40-37-35-39(36-38-40)43(51)46-45)42(50)34-32-30-28-26-24-22-20-18-16-14-12-10-8-6-4-2/h35-38H,3-34,45H2,1-2H3,(H,46,51)(H,47,49). The number of unbranched alkanes of at least 4 members (excludes halogenated alkanes) is 28. The smallest absolute Gasteiger partial charge is 0.279 e. The molecule has 0 bridgehead atoms. The van der Waals surface area contributed by atoms with Gasteiger partial charge in [-0.2, -0.15) is 5.01 Å². The molecule has 1 aromatic rings. The minimum atomic E-state index is -0.601. The molecule has 0 spiro atoms. The number of hydrazine groups is 2. The first-order valence-corrected chi connectivity index (χ1v) is 21.7. The van der Waals surface area contributed by atoms with E-state index in [9.17, 15) is 19.2 Å². The molecule has 1 rings (SSSR count). The molecule has 4 amide bonds. The summed E-state index contributed by atoms with van der Waals surface area (Å²) in [6.07, 6.45) is 37.7. The number of nitrogens with zero attached hydrogens (tertiary/aromatic N) is 1. The predicted octanol–water partition coefficient (Wildman–Crippen LogP) is 11.8. The number of carbonyl (C=O) groups excluding carboxylic acids is 4. The number of hydrogen-bond donors (Lipinski definition) is 3. The monoisotopic (exact) mass is 727 g/mol. The summed E-state index contributed by atoms with van der Waals surface area (Å²) < 4.78 is 0. The summed E-state index contributed by atoms with van der Waals surface area (Å²) in [6.45, 7) is 4.52. The molecule has 0 atom stereocenters. The molecule has 0 saturated carbocycles. The normalized spacial score (nSPS) is 11.1. The molecule has 4 N–H and O–H groups in total. The lowest BCUT2D eigenvalue weighted by Gasteiger charge is -2.22. The summed E-state index contributed by atoms with van der Waals surface area (Å²) in [6, 6.07) is 5.90. The molecule has 1 aromatic carbocycles. The Morgan fingerprint density at radius 1 is 0.462 bits per heavy atom. The molecule has 0 unspecified atom stereocenters. The molecule has 298 valence electrons. The van der Waals surface area contributed by atoms with E-state index in [-0.39, 0.29) is 24.3 Å². The van der Waals surface area contributed by atoms with Crippen LogP contribution >= 0.6 is 0 Å². The van der Waals surface area contributed by atoms with Crippen LogP contribution in [-0.4, -0.2) is 28.6 Å². The predicted molar refractivity (Wildman–Crippen MR) is 217 cm³/mol. The summed E-state index contributed by atoms with van der Waals surface area (Å²) in [4.78, 5) is 51.4. The van der Waals surface area contributed by atoms with Crippen molar-refractivity contribution in [3.05, 3.63) is 35.4 Å². The first-order valence-electron chi connectivity index (χ1n) is 21.7. The number of amides is 4. The highest BCUT2D eigenvalue weighted by Crippen LogP contribution is 2.16. The van der Waals surface area contributed by atoms with Gasteiger partial charge in [-0.25, -0.2) is 5.84 Å². The number of nitrogen functional groups attached to an aromatic ring is 1. The third kappa shape index (κ3) is 25.3. The molecule has 8 nitrogen and oxygen atoms in total. The van der Waals surface area contributed by atoms with Crippen molar-refractivity contribution in [2.45, 2.75) is 219 Å². The van der Waals surface area contributed by atoms with E-state index < -0.39 is 17.7 Å². The van der Waals surface area contributed by atoms with Crippen molar-refractivity contribution in [2.24, 2.45) is 5.84 Å². The van der Waals surface area contributed by atoms with E-state index in [4.69, 9.17) is 5.84 Å². The van der Waals surface area contributed by atoms with Gasteiger partial charge in [-0.15, -0.1) is 0 Å². The fourth-order valence-electron chi connectivity index (χ4n) is 6.80. The lowest BCUT2D eigenvalue weighted by Crippen LogP contribution is -2.49. The van der Waals surface area contributed by atoms with E-state index >= 15 is 0 Å². The second-order valence-corrected chi connectivity index (χ2v) is 15.0. The molecule has 0 radical (unpaired) electrons. The number of rotatable bonds is 34. The lowest BCUT2D eigenvalue weighted by molar-refractivity contribution is -0.138. The van der Waals surface area contributed by atoms with Gasteiger partial charge in [0.25, 0.3) is 11.8 Å². The Labute approximate surface area is 318 Å². The minimum absolute atomic E-state index is 0.191. The topological polar surface area (TPSA) is 122 Å². The second kappa shape index (κ2) is 34.1. The number of imide groups is 1. The highest BCUT2D eigenvalue weighted by molar-refractivity contribution is 6.06. The number of nitrogens with one attached hydrogen (secondary N) is 2. The Bertz CT molecular complexity index is 1050. The Morgan fingerprint density at radius 2 is 0.769 bits per heavy atom. The van der Waals surface area contributed by atoms with E-state index in [1.165, 1.54) is 172 Å². The Morgan fingerprint density at radius 3 is 1.12 bits per heavy atom. The van der Waals surface area contributed by atoms with Crippen molar-refractivity contribution < 1.29 is 19.2 Å². The zero-order valence-corrected chi connectivity index (χ0v) is 33.6. The van der Waals surface area contributed by atoms with Crippen LogP contribution in [0, 0.1) is 0 Å². The van der Waals surface area contributed by atoms with Gasteiger partial charge < -0.3 is 0 Å². The number of carbonyl (C=O) groups is 4. The van der Waals surface area contributed by atoms with E-state index in [1.54, 1.807) is 0 Å². The quantitative estimate of drug-likeness (QED) is 0.0282. The number of hydrogen-bond acceptors (Lipinski definition) is 5. The van der Waals surface area contributed by atoms with Gasteiger partial charge in [0.15, 0.2) is 0 Å². The molecule has 0 aromatic heterocycles. The van der Waals surface area contributed by atoms with Crippen molar-refractivity contribution in [1.82, 2.24) is 15.9 Å². The Hall–Kier alpha value is -2.74. The van der Waals surface area contributed by atoms with Gasteiger partial charge in [-0.05, 0) is 37.1 Å². The zero-order valence-electron chi connectivity index (χ0n) is 33.6. The molecule has 0 heterocycles. The van der Waals surface area contributed by atoms with Crippen LogP contribution in [0.3, 0.4) is 0 Å². The minimum Gasteiger partial charge on any atom is -0.290 e. The van der Waals surface area contributed by atoms with E-state index in [1.807, 2.05) is 0 Å². The lowest BCUT2D eigenvalue weighted by atomic mass is 10.0. The average Bonchev–Trinajstić information content (AvgIpc) is 3.16. The van der Waals surface area contributed by atoms with Crippen LogP contribution in [-0.2, 0) is 9.59 Å². The maximum absolute atomic E-state index is 13.4. The third-order valence-electron chi connectivity index (χ3n) is 10.2. The van der Waals surface area contributed by atoms with E-state index in [0.717, 1.165) is 43.5 Å². The van der Waals surface area contributed by atoms with Crippen molar-refractivity contribution in [3.63, 3.8) is 0 Å². The van der Waals surface area contributed by atoms with Gasteiger partial charge in [-0.1, -0.05) is 194 Å². The molecular formula is C44H78N4O4. The van der Waals surface area contributed by atoms with Gasteiger partial charge in [0.2, 0.25) is 11.8 Å². The van der Waals surface area contributed by atoms with E-state index in [2.05, 4.69) is 24.7 Å².